The first-order valence-electron chi connectivity index (χ1n) is 7.93. The van der Waals surface area contributed by atoms with Gasteiger partial charge in [-0.25, -0.2) is 4.79 Å². The van der Waals surface area contributed by atoms with Crippen LogP contribution >= 0.6 is 0 Å². The first-order valence-corrected chi connectivity index (χ1v) is 7.93. The van der Waals surface area contributed by atoms with E-state index >= 15 is 0 Å². The number of aromatic carboxylic acids is 1. The highest BCUT2D eigenvalue weighted by Gasteiger charge is 2.19. The van der Waals surface area contributed by atoms with E-state index in [9.17, 15) is 4.79 Å². The van der Waals surface area contributed by atoms with Crippen LogP contribution in [-0.4, -0.2) is 18.2 Å². The molecule has 0 aliphatic heterocycles. The molecule has 0 heterocycles. The summed E-state index contributed by atoms with van der Waals surface area (Å²) in [5.74, 6) is -0.0166. The fraction of sp³-hybridized carbons (Fsp3) is 0.286. The first kappa shape index (κ1) is 17.8. The van der Waals surface area contributed by atoms with Gasteiger partial charge in [0, 0.05) is 5.56 Å². The van der Waals surface area contributed by atoms with E-state index in [1.165, 1.54) is 0 Å². The highest BCUT2D eigenvalue weighted by molar-refractivity contribution is 5.88. The van der Waals surface area contributed by atoms with Gasteiger partial charge in [0.15, 0.2) is 0 Å². The summed E-state index contributed by atoms with van der Waals surface area (Å²) in [4.78, 5) is 10.9. The molecule has 2 aromatic carbocycles. The van der Waals surface area contributed by atoms with E-state index < -0.39 is 5.97 Å². The quantitative estimate of drug-likeness (QED) is 0.781. The number of hydrogen-bond acceptors (Lipinski definition) is 2. The van der Waals surface area contributed by atoms with Crippen molar-refractivity contribution < 1.29 is 14.6 Å². The Morgan fingerprint density at radius 1 is 1.04 bits per heavy atom. The summed E-state index contributed by atoms with van der Waals surface area (Å²) in [6.07, 6.45) is 2.06. The van der Waals surface area contributed by atoms with Gasteiger partial charge in [-0.15, -0.1) is 0 Å². The predicted molar refractivity (Wildman–Crippen MR) is 98.6 cm³/mol. The smallest absolute Gasteiger partial charge is 0.335 e. The van der Waals surface area contributed by atoms with Crippen LogP contribution in [0.5, 0.6) is 5.75 Å². The fourth-order valence-electron chi connectivity index (χ4n) is 2.59. The zero-order chi connectivity index (χ0) is 17.9. The van der Waals surface area contributed by atoms with Crippen molar-refractivity contribution in [3.05, 3.63) is 64.7 Å². The minimum absolute atomic E-state index is 0.00916. The molecular weight excluding hydrogens is 300 g/mol. The highest BCUT2D eigenvalue weighted by Crippen LogP contribution is 2.34. The normalized spacial score (nSPS) is 12.1. The fourth-order valence-corrected chi connectivity index (χ4v) is 2.59. The topological polar surface area (TPSA) is 46.5 Å². The van der Waals surface area contributed by atoms with Gasteiger partial charge in [-0.3, -0.25) is 0 Å². The molecule has 0 saturated heterocycles. The average molecular weight is 324 g/mol. The molecular formula is C21H24O3. The van der Waals surface area contributed by atoms with E-state index in [1.54, 1.807) is 19.2 Å². The molecule has 0 fully saturated rings. The minimum atomic E-state index is -0.910. The van der Waals surface area contributed by atoms with Crippen molar-refractivity contribution in [1.82, 2.24) is 0 Å². The van der Waals surface area contributed by atoms with E-state index in [4.69, 9.17) is 9.84 Å². The molecule has 0 bridgehead atoms. The molecule has 126 valence electrons. The van der Waals surface area contributed by atoms with Gasteiger partial charge in [-0.1, -0.05) is 45.0 Å². The Morgan fingerprint density at radius 2 is 1.62 bits per heavy atom. The summed E-state index contributed by atoms with van der Waals surface area (Å²) in [6.45, 7) is 8.55. The first-order chi connectivity index (χ1) is 11.2. The Labute approximate surface area is 143 Å². The summed E-state index contributed by atoms with van der Waals surface area (Å²) < 4.78 is 5.49. The van der Waals surface area contributed by atoms with Gasteiger partial charge in [0.2, 0.25) is 0 Å². The predicted octanol–water partition coefficient (Wildman–Crippen LogP) is 5.25. The van der Waals surface area contributed by atoms with Crippen LogP contribution in [0.15, 0.2) is 42.5 Å². The standard InChI is InChI=1S/C21H24O3/c1-14(12-15-6-8-16(9-7-15)20(22)23)17-10-11-19(24-5)18(13-17)21(2,3)4/h6-13H,1-5H3,(H,22,23). The molecule has 0 saturated carbocycles. The van der Waals surface area contributed by atoms with Crippen LogP contribution in [0.3, 0.4) is 0 Å². The summed E-state index contributed by atoms with van der Waals surface area (Å²) in [6, 6.07) is 13.1. The van der Waals surface area contributed by atoms with Crippen molar-refractivity contribution in [3.63, 3.8) is 0 Å². The van der Waals surface area contributed by atoms with Gasteiger partial charge in [-0.2, -0.15) is 0 Å². The van der Waals surface area contributed by atoms with Gasteiger partial charge in [-0.05, 0) is 53.3 Å². The number of allylic oxidation sites excluding steroid dienone is 1. The minimum Gasteiger partial charge on any atom is -0.496 e. The van der Waals surface area contributed by atoms with Crippen LogP contribution in [0.1, 0.15) is 54.7 Å². The molecule has 3 heteroatoms. The Hall–Kier alpha value is -2.55. The van der Waals surface area contributed by atoms with E-state index in [0.717, 1.165) is 28.0 Å². The van der Waals surface area contributed by atoms with Crippen LogP contribution in [0.4, 0.5) is 0 Å². The summed E-state index contributed by atoms with van der Waals surface area (Å²) >= 11 is 0. The molecule has 0 unspecified atom stereocenters. The van der Waals surface area contributed by atoms with Gasteiger partial charge in [0.25, 0.3) is 0 Å². The SMILES string of the molecule is COc1ccc(C(C)=Cc2ccc(C(=O)O)cc2)cc1C(C)(C)C. The lowest BCUT2D eigenvalue weighted by molar-refractivity contribution is 0.0697. The van der Waals surface area contributed by atoms with Gasteiger partial charge in [0.05, 0.1) is 12.7 Å². The monoisotopic (exact) mass is 324 g/mol. The van der Waals surface area contributed by atoms with E-state index in [0.29, 0.717) is 5.56 Å². The second-order valence-corrected chi connectivity index (χ2v) is 6.92. The molecule has 24 heavy (non-hydrogen) atoms. The van der Waals surface area contributed by atoms with Gasteiger partial charge >= 0.3 is 5.97 Å². The maximum absolute atomic E-state index is 10.9. The van der Waals surface area contributed by atoms with Crippen LogP contribution in [0.25, 0.3) is 11.6 Å². The van der Waals surface area contributed by atoms with Crippen LogP contribution < -0.4 is 4.74 Å². The van der Waals surface area contributed by atoms with Crippen LogP contribution in [0, 0.1) is 0 Å². The molecule has 0 amide bonds. The third-order valence-corrected chi connectivity index (χ3v) is 4.00. The lowest BCUT2D eigenvalue weighted by Gasteiger charge is -2.23. The number of carboxylic acid groups (broad SMARTS) is 1. The van der Waals surface area contributed by atoms with Crippen molar-refractivity contribution in [3.8, 4) is 5.75 Å². The number of carboxylic acids is 1. The number of ether oxygens (including phenoxy) is 1. The molecule has 1 N–H and O–H groups in total. The summed E-state index contributed by atoms with van der Waals surface area (Å²) in [7, 11) is 1.69. The molecule has 0 aliphatic carbocycles. The molecule has 0 aliphatic rings. The number of benzene rings is 2. The number of methoxy groups -OCH3 is 1. The third kappa shape index (κ3) is 4.05. The summed E-state index contributed by atoms with van der Waals surface area (Å²) in [5, 5.41) is 8.96. The molecule has 3 nitrogen and oxygen atoms in total. The van der Waals surface area contributed by atoms with Gasteiger partial charge < -0.3 is 9.84 Å². The van der Waals surface area contributed by atoms with Crippen molar-refractivity contribution in [2.45, 2.75) is 33.1 Å². The Morgan fingerprint density at radius 3 is 2.12 bits per heavy atom. The Balaban J connectivity index is 2.38. The van der Waals surface area contributed by atoms with Crippen LogP contribution in [-0.2, 0) is 5.41 Å². The number of rotatable bonds is 4. The Kier molecular flexibility index (Phi) is 5.13. The maximum atomic E-state index is 10.9. The highest BCUT2D eigenvalue weighted by atomic mass is 16.5. The second-order valence-electron chi connectivity index (χ2n) is 6.92. The zero-order valence-corrected chi connectivity index (χ0v) is 14.9. The van der Waals surface area contributed by atoms with Gasteiger partial charge in [0.1, 0.15) is 5.75 Å². The molecule has 0 radical (unpaired) electrons. The summed E-state index contributed by atoms with van der Waals surface area (Å²) in [5.41, 5.74) is 4.67. The molecule has 0 atom stereocenters. The average Bonchev–Trinajstić information content (AvgIpc) is 2.53. The van der Waals surface area contributed by atoms with Crippen molar-refractivity contribution >= 4 is 17.6 Å². The second kappa shape index (κ2) is 6.91. The molecule has 2 rings (SSSR count). The Bertz CT molecular complexity index is 763. The lowest BCUT2D eigenvalue weighted by Crippen LogP contribution is -2.13. The van der Waals surface area contributed by atoms with E-state index in [-0.39, 0.29) is 5.41 Å². The number of carbonyl (C=O) groups is 1. The van der Waals surface area contributed by atoms with E-state index in [2.05, 4.69) is 39.8 Å². The molecule has 0 aromatic heterocycles. The molecule has 2 aromatic rings. The van der Waals surface area contributed by atoms with E-state index in [1.807, 2.05) is 24.3 Å². The van der Waals surface area contributed by atoms with Crippen LogP contribution in [0.2, 0.25) is 0 Å². The zero-order valence-electron chi connectivity index (χ0n) is 14.9. The van der Waals surface area contributed by atoms with Crippen molar-refractivity contribution in [1.29, 1.82) is 0 Å². The van der Waals surface area contributed by atoms with Crippen molar-refractivity contribution in [2.75, 3.05) is 7.11 Å². The lowest BCUT2D eigenvalue weighted by atomic mass is 9.84. The van der Waals surface area contributed by atoms with Crippen molar-refractivity contribution in [2.24, 2.45) is 0 Å². The largest absolute Gasteiger partial charge is 0.496 e. The maximum Gasteiger partial charge on any atom is 0.335 e. The number of hydrogen-bond donors (Lipinski definition) is 1. The third-order valence-electron chi connectivity index (χ3n) is 4.00. The molecule has 0 spiro atoms.